The van der Waals surface area contributed by atoms with Crippen molar-refractivity contribution in [1.29, 1.82) is 0 Å². The fourth-order valence-electron chi connectivity index (χ4n) is 5.06. The van der Waals surface area contributed by atoms with E-state index in [1.165, 1.54) is 23.3 Å². The smallest absolute Gasteiger partial charge is 0.164 e. The molecule has 0 aliphatic carbocycles. The van der Waals surface area contributed by atoms with Gasteiger partial charge in [0.25, 0.3) is 0 Å². The average Bonchev–Trinajstić information content (AvgIpc) is 3.52. The number of rotatable bonds is 6. The first kappa shape index (κ1) is 25.0. The first-order valence-electron chi connectivity index (χ1n) is 12.5. The van der Waals surface area contributed by atoms with Crippen LogP contribution in [0.1, 0.15) is 28.3 Å². The Hall–Kier alpha value is -4.28. The van der Waals surface area contributed by atoms with Gasteiger partial charge in [-0.3, -0.25) is 0 Å². The Balaban J connectivity index is 1.56. The zero-order valence-electron chi connectivity index (χ0n) is 21.7. The summed E-state index contributed by atoms with van der Waals surface area (Å²) in [4.78, 5) is 13.2. The number of halogens is 1. The molecule has 4 heterocycles. The third kappa shape index (κ3) is 4.51. The van der Waals surface area contributed by atoms with Gasteiger partial charge in [0, 0.05) is 44.6 Å². The quantitative estimate of drug-likeness (QED) is 0.292. The molecule has 0 radical (unpaired) electrons. The first-order valence-corrected chi connectivity index (χ1v) is 13.3. The lowest BCUT2D eigenvalue weighted by Crippen LogP contribution is -2.20. The van der Waals surface area contributed by atoms with Crippen LogP contribution in [0.15, 0.2) is 66.5 Å². The van der Waals surface area contributed by atoms with E-state index in [0.717, 1.165) is 39.9 Å². The Kier molecular flexibility index (Phi) is 6.28. The van der Waals surface area contributed by atoms with E-state index in [2.05, 4.69) is 47.2 Å². The molecule has 0 bridgehead atoms. The minimum absolute atomic E-state index is 0.204. The highest BCUT2D eigenvalue weighted by molar-refractivity contribution is 7.13. The molecule has 6 rings (SSSR count). The topological polar surface area (TPSA) is 102 Å². The normalized spacial score (nSPS) is 14.1. The van der Waals surface area contributed by atoms with Gasteiger partial charge in [0.05, 0.1) is 11.4 Å². The van der Waals surface area contributed by atoms with Crippen molar-refractivity contribution in [2.75, 3.05) is 26.4 Å². The van der Waals surface area contributed by atoms with Crippen LogP contribution in [0.5, 0.6) is 11.5 Å². The summed E-state index contributed by atoms with van der Waals surface area (Å²) in [5.41, 5.74) is 10.7. The van der Waals surface area contributed by atoms with Gasteiger partial charge in [-0.25, -0.2) is 19.0 Å². The number of hydrogen-bond acceptors (Lipinski definition) is 8. The Labute approximate surface area is 228 Å². The van der Waals surface area contributed by atoms with Crippen LogP contribution in [-0.4, -0.2) is 50.5 Å². The van der Waals surface area contributed by atoms with Crippen LogP contribution in [0.3, 0.4) is 0 Å². The van der Waals surface area contributed by atoms with Crippen molar-refractivity contribution in [2.45, 2.75) is 19.5 Å². The van der Waals surface area contributed by atoms with Crippen LogP contribution in [0, 0.1) is 5.82 Å². The first-order chi connectivity index (χ1) is 18.8. The summed E-state index contributed by atoms with van der Waals surface area (Å²) in [5.74, 6) is 0.274. The average molecular weight is 543 g/mol. The number of benzene rings is 2. The van der Waals surface area contributed by atoms with E-state index in [0.29, 0.717) is 28.9 Å². The summed E-state index contributed by atoms with van der Waals surface area (Å²) in [6, 6.07) is 15.9. The largest absolute Gasteiger partial charge is 0.508 e. The lowest BCUT2D eigenvalue weighted by atomic mass is 9.92. The van der Waals surface area contributed by atoms with Crippen molar-refractivity contribution in [1.82, 2.24) is 24.6 Å². The van der Waals surface area contributed by atoms with E-state index in [9.17, 15) is 9.50 Å². The SMILES string of the molecule is CC(C1=C(c2ccc(CN(C)C)s2)c2ccccc2OC1)n1nc(-c2cc(O)cc(F)c2)c2c(N)ncnc21. The lowest BCUT2D eigenvalue weighted by Gasteiger charge is -2.27. The number of aromatic nitrogens is 4. The van der Waals surface area contributed by atoms with Gasteiger partial charge in [-0.2, -0.15) is 5.10 Å². The number of nitrogens with two attached hydrogens (primary N) is 1. The predicted molar refractivity (Wildman–Crippen MR) is 151 cm³/mol. The highest BCUT2D eigenvalue weighted by Crippen LogP contribution is 2.44. The molecule has 0 amide bonds. The van der Waals surface area contributed by atoms with E-state index in [1.54, 1.807) is 16.0 Å². The number of thiophene rings is 1. The van der Waals surface area contributed by atoms with Crippen molar-refractivity contribution in [2.24, 2.45) is 0 Å². The van der Waals surface area contributed by atoms with E-state index < -0.39 is 5.82 Å². The number of ether oxygens (including phenoxy) is 1. The molecule has 5 aromatic rings. The highest BCUT2D eigenvalue weighted by atomic mass is 32.1. The van der Waals surface area contributed by atoms with Gasteiger partial charge < -0.3 is 20.5 Å². The summed E-state index contributed by atoms with van der Waals surface area (Å²) < 4.78 is 22.2. The standard InChI is InChI=1S/C29H27FN6O2S/c1-16(36-29-26(28(31)32-15-33-29)27(34-36)17-10-18(30)12-19(37)11-17)22-14-38-23-7-5-4-6-21(23)25(22)24-9-8-20(39-24)13-35(2)3/h4-12,15-16,37H,13-14H2,1-3H3,(H2,31,32,33). The maximum atomic E-state index is 14.2. The number of fused-ring (bicyclic) bond motifs is 2. The van der Waals surface area contributed by atoms with Crippen molar-refractivity contribution in [3.8, 4) is 22.8 Å². The zero-order chi connectivity index (χ0) is 27.3. The number of phenolic OH excluding ortho intramolecular Hbond substituents is 1. The lowest BCUT2D eigenvalue weighted by molar-refractivity contribution is 0.327. The summed E-state index contributed by atoms with van der Waals surface area (Å²) in [6.07, 6.45) is 1.39. The van der Waals surface area contributed by atoms with Crippen LogP contribution in [0.2, 0.25) is 0 Å². The maximum absolute atomic E-state index is 14.2. The minimum Gasteiger partial charge on any atom is -0.508 e. The molecular weight excluding hydrogens is 515 g/mol. The number of nitrogens with zero attached hydrogens (tertiary/aromatic N) is 5. The molecule has 0 spiro atoms. The fourth-order valence-corrected chi connectivity index (χ4v) is 6.28. The molecule has 1 aliphatic heterocycles. The number of para-hydroxylation sites is 1. The Morgan fingerprint density at radius 1 is 1.15 bits per heavy atom. The van der Waals surface area contributed by atoms with Gasteiger partial charge in [0.15, 0.2) is 5.65 Å². The Bertz CT molecular complexity index is 1720. The van der Waals surface area contributed by atoms with E-state index in [1.807, 2.05) is 25.1 Å². The van der Waals surface area contributed by atoms with Crippen LogP contribution in [0.25, 0.3) is 27.9 Å². The van der Waals surface area contributed by atoms with Crippen LogP contribution in [0.4, 0.5) is 10.2 Å². The second-order valence-electron chi connectivity index (χ2n) is 9.81. The van der Waals surface area contributed by atoms with Gasteiger partial charge in [-0.1, -0.05) is 18.2 Å². The van der Waals surface area contributed by atoms with Gasteiger partial charge in [0.1, 0.15) is 41.8 Å². The predicted octanol–water partition coefficient (Wildman–Crippen LogP) is 5.50. The molecule has 2 aromatic carbocycles. The summed E-state index contributed by atoms with van der Waals surface area (Å²) >= 11 is 1.76. The van der Waals surface area contributed by atoms with Crippen molar-refractivity contribution < 1.29 is 14.2 Å². The van der Waals surface area contributed by atoms with Crippen LogP contribution in [-0.2, 0) is 6.54 Å². The monoisotopic (exact) mass is 542 g/mol. The molecule has 8 nitrogen and oxygen atoms in total. The molecule has 0 saturated heterocycles. The number of anilines is 1. The van der Waals surface area contributed by atoms with E-state index in [4.69, 9.17) is 15.6 Å². The van der Waals surface area contributed by atoms with E-state index >= 15 is 0 Å². The molecule has 10 heteroatoms. The molecule has 39 heavy (non-hydrogen) atoms. The van der Waals surface area contributed by atoms with Gasteiger partial charge in [-0.15, -0.1) is 11.3 Å². The Morgan fingerprint density at radius 2 is 1.97 bits per heavy atom. The van der Waals surface area contributed by atoms with Crippen LogP contribution >= 0.6 is 11.3 Å². The number of aromatic hydroxyl groups is 1. The number of hydrogen-bond donors (Lipinski definition) is 2. The van der Waals surface area contributed by atoms with E-state index in [-0.39, 0.29) is 17.6 Å². The molecule has 1 unspecified atom stereocenters. The van der Waals surface area contributed by atoms with Crippen molar-refractivity contribution in [3.63, 3.8) is 0 Å². The van der Waals surface area contributed by atoms with Crippen LogP contribution < -0.4 is 10.5 Å². The molecule has 1 atom stereocenters. The van der Waals surface area contributed by atoms with Crippen molar-refractivity contribution >= 4 is 33.8 Å². The Morgan fingerprint density at radius 3 is 2.77 bits per heavy atom. The fraction of sp³-hybridized carbons (Fsp3) is 0.207. The third-order valence-corrected chi connectivity index (χ3v) is 7.87. The molecule has 3 aromatic heterocycles. The summed E-state index contributed by atoms with van der Waals surface area (Å²) in [6.45, 7) is 3.26. The van der Waals surface area contributed by atoms with Gasteiger partial charge in [0.2, 0.25) is 0 Å². The molecule has 0 saturated carbocycles. The van der Waals surface area contributed by atoms with Gasteiger partial charge in [-0.05, 0) is 51.4 Å². The zero-order valence-corrected chi connectivity index (χ0v) is 22.5. The minimum atomic E-state index is -0.579. The second kappa shape index (κ2) is 9.79. The third-order valence-electron chi connectivity index (χ3n) is 6.79. The second-order valence-corrected chi connectivity index (χ2v) is 11.0. The summed E-state index contributed by atoms with van der Waals surface area (Å²) in [7, 11) is 4.12. The maximum Gasteiger partial charge on any atom is 0.164 e. The van der Waals surface area contributed by atoms with Gasteiger partial charge >= 0.3 is 0 Å². The number of phenols is 1. The highest BCUT2D eigenvalue weighted by Gasteiger charge is 2.29. The number of nitrogen functional groups attached to an aromatic ring is 1. The molecule has 0 fully saturated rings. The molecule has 1 aliphatic rings. The summed E-state index contributed by atoms with van der Waals surface area (Å²) in [5, 5.41) is 15.4. The van der Waals surface area contributed by atoms with Crippen molar-refractivity contribution in [3.05, 3.63) is 87.6 Å². The molecular formula is C29H27FN6O2S. The molecule has 3 N–H and O–H groups in total. The molecule has 198 valence electrons.